The molecule has 0 bridgehead atoms. The van der Waals surface area contributed by atoms with Crippen molar-refractivity contribution in [1.29, 1.82) is 0 Å². The highest BCUT2D eigenvalue weighted by atomic mass is 16.6. The molecule has 1 aliphatic carbocycles. The third-order valence-electron chi connectivity index (χ3n) is 5.66. The van der Waals surface area contributed by atoms with Crippen molar-refractivity contribution in [1.82, 2.24) is 9.80 Å². The van der Waals surface area contributed by atoms with E-state index in [2.05, 4.69) is 18.5 Å². The summed E-state index contributed by atoms with van der Waals surface area (Å²) >= 11 is 0. The second-order valence-corrected chi connectivity index (χ2v) is 8.06. The van der Waals surface area contributed by atoms with Gasteiger partial charge in [-0.3, -0.25) is 0 Å². The van der Waals surface area contributed by atoms with Gasteiger partial charge in [-0.1, -0.05) is 37.1 Å². The normalized spacial score (nSPS) is 19.1. The average Bonchev–Trinajstić information content (AvgIpc) is 2.74. The Kier molecular flexibility index (Phi) is 10.8. The molecule has 0 unspecified atom stereocenters. The van der Waals surface area contributed by atoms with Crippen LogP contribution in [0.25, 0.3) is 0 Å². The topological polar surface area (TPSA) is 42.0 Å². The van der Waals surface area contributed by atoms with Crippen LogP contribution in [-0.4, -0.2) is 61.8 Å². The molecule has 1 amide bonds. The van der Waals surface area contributed by atoms with Gasteiger partial charge in [-0.25, -0.2) is 4.79 Å². The van der Waals surface area contributed by atoms with Gasteiger partial charge < -0.3 is 19.3 Å². The van der Waals surface area contributed by atoms with Crippen molar-refractivity contribution in [2.24, 2.45) is 0 Å². The highest BCUT2D eigenvalue weighted by molar-refractivity contribution is 5.70. The van der Waals surface area contributed by atoms with Gasteiger partial charge in [0.2, 0.25) is 0 Å². The number of nitrogens with zero attached hydrogens (tertiary/aromatic N) is 2. The summed E-state index contributed by atoms with van der Waals surface area (Å²) in [6.07, 6.45) is 10.8. The van der Waals surface area contributed by atoms with E-state index in [0.717, 1.165) is 51.8 Å². The van der Waals surface area contributed by atoms with E-state index in [1.165, 1.54) is 19.3 Å². The van der Waals surface area contributed by atoms with Crippen molar-refractivity contribution >= 4 is 6.09 Å². The molecule has 5 heteroatoms. The van der Waals surface area contributed by atoms with Crippen LogP contribution in [0.3, 0.4) is 0 Å². The first-order chi connectivity index (χ1) is 14.1. The van der Waals surface area contributed by atoms with Gasteiger partial charge in [-0.05, 0) is 64.3 Å². The summed E-state index contributed by atoms with van der Waals surface area (Å²) in [7, 11) is 3.98. The standard InChI is InChI=1S/C24H38N2O3/c1-4-18-25(2)19-10-5-6-11-20-28-22-16-14-21(15-17-22)26(3)24(27)29-23-12-8-7-9-13-23/h4,7-9,12-13,21-22H,1,5-6,10-11,14-20H2,2-3H3. The van der Waals surface area contributed by atoms with Crippen LogP contribution in [0.1, 0.15) is 51.4 Å². The van der Waals surface area contributed by atoms with E-state index >= 15 is 0 Å². The molecule has 0 aliphatic heterocycles. The van der Waals surface area contributed by atoms with Crippen LogP contribution in [0.5, 0.6) is 5.75 Å². The fraction of sp³-hybridized carbons (Fsp3) is 0.625. The first-order valence-corrected chi connectivity index (χ1v) is 11.0. The summed E-state index contributed by atoms with van der Waals surface area (Å²) in [5.74, 6) is 0.591. The van der Waals surface area contributed by atoms with Crippen LogP contribution in [0.15, 0.2) is 43.0 Å². The lowest BCUT2D eigenvalue weighted by molar-refractivity contribution is 0.0104. The van der Waals surface area contributed by atoms with E-state index in [9.17, 15) is 4.79 Å². The summed E-state index contributed by atoms with van der Waals surface area (Å²) in [6.45, 7) is 6.72. The van der Waals surface area contributed by atoms with E-state index in [1.807, 2.05) is 31.3 Å². The smallest absolute Gasteiger partial charge is 0.410 e. The van der Waals surface area contributed by atoms with Gasteiger partial charge in [0.05, 0.1) is 6.10 Å². The maximum absolute atomic E-state index is 12.3. The second kappa shape index (κ2) is 13.4. The quantitative estimate of drug-likeness (QED) is 0.359. The average molecular weight is 403 g/mol. The Bertz CT molecular complexity index is 585. The summed E-state index contributed by atoms with van der Waals surface area (Å²) in [6, 6.07) is 9.48. The fourth-order valence-corrected chi connectivity index (χ4v) is 3.81. The van der Waals surface area contributed by atoms with Gasteiger partial charge in [0.15, 0.2) is 0 Å². The molecule has 0 heterocycles. The van der Waals surface area contributed by atoms with Gasteiger partial charge >= 0.3 is 6.09 Å². The number of ether oxygens (including phenoxy) is 2. The molecule has 1 saturated carbocycles. The first-order valence-electron chi connectivity index (χ1n) is 11.0. The van der Waals surface area contributed by atoms with Gasteiger partial charge in [-0.2, -0.15) is 0 Å². The van der Waals surface area contributed by atoms with Crippen molar-refractivity contribution in [3.8, 4) is 5.75 Å². The number of hydrogen-bond acceptors (Lipinski definition) is 4. The molecule has 0 radical (unpaired) electrons. The molecule has 1 aromatic rings. The predicted octanol–water partition coefficient (Wildman–Crippen LogP) is 5.12. The van der Waals surface area contributed by atoms with Crippen LogP contribution < -0.4 is 4.74 Å². The van der Waals surface area contributed by atoms with Crippen molar-refractivity contribution < 1.29 is 14.3 Å². The molecular formula is C24H38N2O3. The lowest BCUT2D eigenvalue weighted by Gasteiger charge is -2.34. The monoisotopic (exact) mass is 402 g/mol. The maximum atomic E-state index is 12.3. The molecule has 5 nitrogen and oxygen atoms in total. The van der Waals surface area contributed by atoms with E-state index < -0.39 is 0 Å². The molecule has 0 spiro atoms. The van der Waals surface area contributed by atoms with E-state index in [1.54, 1.807) is 17.0 Å². The molecule has 0 saturated heterocycles. The number of benzene rings is 1. The summed E-state index contributed by atoms with van der Waals surface area (Å²) < 4.78 is 11.5. The molecule has 0 aromatic heterocycles. The molecule has 2 rings (SSSR count). The minimum absolute atomic E-state index is 0.235. The summed E-state index contributed by atoms with van der Waals surface area (Å²) in [5, 5.41) is 0. The zero-order valence-corrected chi connectivity index (χ0v) is 18.2. The number of carbonyl (C=O) groups is 1. The van der Waals surface area contributed by atoms with Crippen LogP contribution in [0, 0.1) is 0 Å². The van der Waals surface area contributed by atoms with E-state index in [4.69, 9.17) is 9.47 Å². The number of amides is 1. The molecular weight excluding hydrogens is 364 g/mol. The van der Waals surface area contributed by atoms with E-state index in [-0.39, 0.29) is 12.1 Å². The van der Waals surface area contributed by atoms with Gasteiger partial charge in [0, 0.05) is 26.2 Å². The zero-order valence-electron chi connectivity index (χ0n) is 18.2. The van der Waals surface area contributed by atoms with E-state index in [0.29, 0.717) is 11.9 Å². The maximum Gasteiger partial charge on any atom is 0.415 e. The van der Waals surface area contributed by atoms with Crippen LogP contribution in [-0.2, 0) is 4.74 Å². The summed E-state index contributed by atoms with van der Waals surface area (Å²) in [5.41, 5.74) is 0. The van der Waals surface area contributed by atoms with Gasteiger partial charge in [0.25, 0.3) is 0 Å². The van der Waals surface area contributed by atoms with Crippen molar-refractivity contribution in [3.63, 3.8) is 0 Å². The van der Waals surface area contributed by atoms with Crippen LogP contribution in [0.2, 0.25) is 0 Å². The number of carbonyl (C=O) groups excluding carboxylic acids is 1. The highest BCUT2D eigenvalue weighted by Gasteiger charge is 2.27. The molecule has 0 atom stereocenters. The second-order valence-electron chi connectivity index (χ2n) is 8.06. The Morgan fingerprint density at radius 2 is 1.76 bits per heavy atom. The third-order valence-corrected chi connectivity index (χ3v) is 5.66. The molecule has 1 aromatic carbocycles. The highest BCUT2D eigenvalue weighted by Crippen LogP contribution is 2.25. The molecule has 1 aliphatic rings. The zero-order chi connectivity index (χ0) is 20.9. The molecule has 162 valence electrons. The first kappa shape index (κ1) is 23.4. The largest absolute Gasteiger partial charge is 0.415 e. The molecule has 0 N–H and O–H groups in total. The van der Waals surface area contributed by atoms with Gasteiger partial charge in [-0.15, -0.1) is 6.58 Å². The Labute approximate surface area is 176 Å². The number of likely N-dealkylation sites (N-methyl/N-ethyl adjacent to an activating group) is 1. The van der Waals surface area contributed by atoms with Crippen LogP contribution in [0.4, 0.5) is 4.79 Å². The number of unbranched alkanes of at least 4 members (excludes halogenated alkanes) is 3. The molecule has 29 heavy (non-hydrogen) atoms. The Balaban J connectivity index is 1.53. The predicted molar refractivity (Wildman–Crippen MR) is 118 cm³/mol. The van der Waals surface area contributed by atoms with Crippen molar-refractivity contribution in [2.75, 3.05) is 33.8 Å². The number of rotatable bonds is 12. The third kappa shape index (κ3) is 9.01. The Morgan fingerprint density at radius 3 is 2.45 bits per heavy atom. The molecule has 1 fully saturated rings. The van der Waals surface area contributed by atoms with Crippen molar-refractivity contribution in [3.05, 3.63) is 43.0 Å². The Hall–Kier alpha value is -1.85. The lowest BCUT2D eigenvalue weighted by Crippen LogP contribution is -2.42. The van der Waals surface area contributed by atoms with Crippen molar-refractivity contribution in [2.45, 2.75) is 63.5 Å². The fourth-order valence-electron chi connectivity index (χ4n) is 3.81. The SMILES string of the molecule is C=CCN(C)CCCCCCOC1CCC(N(C)C(=O)Oc2ccccc2)CC1. The lowest BCUT2D eigenvalue weighted by atomic mass is 9.92. The summed E-state index contributed by atoms with van der Waals surface area (Å²) in [4.78, 5) is 16.4. The Morgan fingerprint density at radius 1 is 1.07 bits per heavy atom. The van der Waals surface area contributed by atoms with Gasteiger partial charge in [0.1, 0.15) is 5.75 Å². The van der Waals surface area contributed by atoms with Crippen LogP contribution >= 0.6 is 0 Å². The number of para-hydroxylation sites is 1. The number of hydrogen-bond donors (Lipinski definition) is 0. The minimum Gasteiger partial charge on any atom is -0.410 e. The minimum atomic E-state index is -0.278.